The molecule has 0 aliphatic carbocycles. The maximum Gasteiger partial charge on any atom is 0.267 e. The van der Waals surface area contributed by atoms with Gasteiger partial charge in [0, 0.05) is 18.3 Å². The van der Waals surface area contributed by atoms with E-state index in [-0.39, 0.29) is 16.6 Å². The van der Waals surface area contributed by atoms with E-state index in [9.17, 15) is 13.2 Å². The van der Waals surface area contributed by atoms with Gasteiger partial charge in [-0.1, -0.05) is 5.16 Å². The number of nitrogens with one attached hydrogen (secondary N) is 2. The predicted molar refractivity (Wildman–Crippen MR) is 76.6 cm³/mol. The molecule has 0 fully saturated rings. The van der Waals surface area contributed by atoms with Crippen LogP contribution in [0.1, 0.15) is 21.8 Å². The molecule has 0 saturated heterocycles. The molecule has 0 radical (unpaired) electrons. The van der Waals surface area contributed by atoms with E-state index in [4.69, 9.17) is 4.52 Å². The first-order valence-corrected chi connectivity index (χ1v) is 7.61. The molecule has 1 aromatic heterocycles. The summed E-state index contributed by atoms with van der Waals surface area (Å²) >= 11 is 0. The second-order valence-electron chi connectivity index (χ2n) is 4.42. The van der Waals surface area contributed by atoms with Crippen molar-refractivity contribution in [2.24, 2.45) is 0 Å². The summed E-state index contributed by atoms with van der Waals surface area (Å²) in [4.78, 5) is 11.4. The minimum Gasteiger partial charge on any atom is -0.360 e. The van der Waals surface area contributed by atoms with Crippen LogP contribution in [0.2, 0.25) is 0 Å². The highest BCUT2D eigenvalue weighted by atomic mass is 32.2. The van der Waals surface area contributed by atoms with Crippen LogP contribution >= 0.6 is 0 Å². The second kappa shape index (κ2) is 5.57. The number of carbonyl (C=O) groups excluding carboxylic acids is 1. The second-order valence-corrected chi connectivity index (χ2v) is 6.03. The van der Waals surface area contributed by atoms with Crippen LogP contribution in [0.25, 0.3) is 0 Å². The molecule has 7 nitrogen and oxygen atoms in total. The van der Waals surface area contributed by atoms with E-state index in [1.165, 1.54) is 38.2 Å². The van der Waals surface area contributed by atoms with Crippen molar-refractivity contribution in [3.05, 3.63) is 41.3 Å². The first-order valence-electron chi connectivity index (χ1n) is 6.13. The quantitative estimate of drug-likeness (QED) is 0.890. The third-order valence-corrected chi connectivity index (χ3v) is 4.49. The Morgan fingerprint density at radius 2 is 1.81 bits per heavy atom. The maximum absolute atomic E-state index is 12.3. The van der Waals surface area contributed by atoms with Crippen molar-refractivity contribution in [2.75, 3.05) is 11.8 Å². The van der Waals surface area contributed by atoms with Crippen LogP contribution in [0.5, 0.6) is 0 Å². The average Bonchev–Trinajstić information content (AvgIpc) is 2.78. The van der Waals surface area contributed by atoms with E-state index in [0.29, 0.717) is 16.9 Å². The number of nitrogens with zero attached hydrogens (tertiary/aromatic N) is 1. The zero-order valence-corrected chi connectivity index (χ0v) is 12.6. The van der Waals surface area contributed by atoms with Gasteiger partial charge in [-0.15, -0.1) is 0 Å². The van der Waals surface area contributed by atoms with Crippen LogP contribution in [-0.2, 0) is 10.0 Å². The highest BCUT2D eigenvalue weighted by molar-refractivity contribution is 7.92. The molecule has 0 saturated carbocycles. The summed E-state index contributed by atoms with van der Waals surface area (Å²) in [5.74, 6) is -0.0166. The average molecular weight is 309 g/mol. The van der Waals surface area contributed by atoms with Gasteiger partial charge in [-0.05, 0) is 38.1 Å². The standard InChI is InChI=1S/C13H15N3O4S/c1-8-12(9(2)20-15-8)21(18,19)16-11-6-4-10(5-7-11)13(17)14-3/h4-7,16H,1-3H3,(H,14,17). The van der Waals surface area contributed by atoms with E-state index < -0.39 is 10.0 Å². The third kappa shape index (κ3) is 3.05. The number of hydrogen-bond acceptors (Lipinski definition) is 5. The molecule has 112 valence electrons. The normalized spacial score (nSPS) is 11.2. The van der Waals surface area contributed by atoms with Crippen molar-refractivity contribution in [2.45, 2.75) is 18.7 Å². The van der Waals surface area contributed by atoms with Gasteiger partial charge in [-0.3, -0.25) is 9.52 Å². The van der Waals surface area contributed by atoms with Gasteiger partial charge in [0.05, 0.1) is 0 Å². The first-order chi connectivity index (χ1) is 9.85. The van der Waals surface area contributed by atoms with Crippen molar-refractivity contribution in [3.63, 3.8) is 0 Å². The Hall–Kier alpha value is -2.35. The number of carbonyl (C=O) groups is 1. The molecule has 0 aliphatic rings. The van der Waals surface area contributed by atoms with E-state index >= 15 is 0 Å². The van der Waals surface area contributed by atoms with E-state index in [2.05, 4.69) is 15.2 Å². The highest BCUT2D eigenvalue weighted by Gasteiger charge is 2.24. The van der Waals surface area contributed by atoms with Crippen LogP contribution in [0.4, 0.5) is 5.69 Å². The molecule has 0 atom stereocenters. The number of aromatic nitrogens is 1. The molecule has 2 rings (SSSR count). The van der Waals surface area contributed by atoms with Crippen LogP contribution in [0.3, 0.4) is 0 Å². The van der Waals surface area contributed by atoms with Crippen molar-refractivity contribution >= 4 is 21.6 Å². The molecule has 1 aromatic carbocycles. The summed E-state index contributed by atoms with van der Waals surface area (Å²) < 4.78 is 31.9. The molecule has 1 heterocycles. The lowest BCUT2D eigenvalue weighted by atomic mass is 10.2. The van der Waals surface area contributed by atoms with Gasteiger partial charge in [0.15, 0.2) is 10.7 Å². The van der Waals surface area contributed by atoms with Crippen molar-refractivity contribution in [1.29, 1.82) is 0 Å². The summed E-state index contributed by atoms with van der Waals surface area (Å²) in [6.07, 6.45) is 0. The lowest BCUT2D eigenvalue weighted by Crippen LogP contribution is -2.18. The molecular formula is C13H15N3O4S. The number of anilines is 1. The number of amides is 1. The first kappa shape index (κ1) is 15.0. The van der Waals surface area contributed by atoms with E-state index in [1.54, 1.807) is 6.92 Å². The summed E-state index contributed by atoms with van der Waals surface area (Å²) in [6.45, 7) is 3.09. The molecule has 1 amide bonds. The maximum atomic E-state index is 12.3. The SMILES string of the molecule is CNC(=O)c1ccc(NS(=O)(=O)c2c(C)noc2C)cc1. The fraction of sp³-hybridized carbons (Fsp3) is 0.231. The predicted octanol–water partition coefficient (Wildman–Crippen LogP) is 1.45. The molecule has 8 heteroatoms. The lowest BCUT2D eigenvalue weighted by Gasteiger charge is -2.08. The third-order valence-electron chi connectivity index (χ3n) is 2.86. The zero-order chi connectivity index (χ0) is 15.6. The molecule has 0 spiro atoms. The minimum atomic E-state index is -3.78. The topological polar surface area (TPSA) is 101 Å². The van der Waals surface area contributed by atoms with Gasteiger partial charge >= 0.3 is 0 Å². The van der Waals surface area contributed by atoms with Crippen molar-refractivity contribution in [3.8, 4) is 0 Å². The van der Waals surface area contributed by atoms with Gasteiger partial charge in [-0.25, -0.2) is 8.42 Å². The number of benzene rings is 1. The Bertz CT molecular complexity index is 744. The number of rotatable bonds is 4. The molecule has 0 unspecified atom stereocenters. The molecular weight excluding hydrogens is 294 g/mol. The summed E-state index contributed by atoms with van der Waals surface area (Å²) in [6, 6.07) is 6.09. The van der Waals surface area contributed by atoms with Gasteiger partial charge in [0.2, 0.25) is 0 Å². The zero-order valence-electron chi connectivity index (χ0n) is 11.8. The summed E-state index contributed by atoms with van der Waals surface area (Å²) in [5, 5.41) is 6.11. The molecule has 0 aliphatic heterocycles. The minimum absolute atomic E-state index is 0.0258. The fourth-order valence-electron chi connectivity index (χ4n) is 1.90. The summed E-state index contributed by atoms with van der Waals surface area (Å²) in [7, 11) is -2.25. The fourth-order valence-corrected chi connectivity index (χ4v) is 3.29. The molecule has 2 N–H and O–H groups in total. The monoisotopic (exact) mass is 309 g/mol. The Balaban J connectivity index is 2.27. The number of sulfonamides is 1. The lowest BCUT2D eigenvalue weighted by molar-refractivity contribution is 0.0963. The molecule has 2 aromatic rings. The largest absolute Gasteiger partial charge is 0.360 e. The van der Waals surface area contributed by atoms with Crippen LogP contribution in [0, 0.1) is 13.8 Å². The van der Waals surface area contributed by atoms with Crippen molar-refractivity contribution in [1.82, 2.24) is 10.5 Å². The number of hydrogen-bond donors (Lipinski definition) is 2. The van der Waals surface area contributed by atoms with Gasteiger partial charge in [0.1, 0.15) is 5.69 Å². The Morgan fingerprint density at radius 3 is 2.29 bits per heavy atom. The molecule has 21 heavy (non-hydrogen) atoms. The van der Waals surface area contributed by atoms with Crippen molar-refractivity contribution < 1.29 is 17.7 Å². The highest BCUT2D eigenvalue weighted by Crippen LogP contribution is 2.22. The van der Waals surface area contributed by atoms with E-state index in [1.807, 2.05) is 0 Å². The number of aryl methyl sites for hydroxylation is 2. The summed E-state index contributed by atoms with van der Waals surface area (Å²) in [5.41, 5.74) is 1.09. The van der Waals surface area contributed by atoms with E-state index in [0.717, 1.165) is 0 Å². The molecule has 0 bridgehead atoms. The smallest absolute Gasteiger partial charge is 0.267 e. The van der Waals surface area contributed by atoms with Gasteiger partial charge in [-0.2, -0.15) is 0 Å². The van der Waals surface area contributed by atoms with Crippen LogP contribution in [0.15, 0.2) is 33.7 Å². The Morgan fingerprint density at radius 1 is 1.19 bits per heavy atom. The Labute approximate surface area is 122 Å². The van der Waals surface area contributed by atoms with Crippen LogP contribution in [-0.4, -0.2) is 26.5 Å². The van der Waals surface area contributed by atoms with Gasteiger partial charge < -0.3 is 9.84 Å². The van der Waals surface area contributed by atoms with Crippen LogP contribution < -0.4 is 10.0 Å². The van der Waals surface area contributed by atoms with Gasteiger partial charge in [0.25, 0.3) is 15.9 Å². The Kier molecular flexibility index (Phi) is 3.99.